The summed E-state index contributed by atoms with van der Waals surface area (Å²) in [6, 6.07) is 8.44. The van der Waals surface area contributed by atoms with Crippen LogP contribution in [0.15, 0.2) is 58.7 Å². The molecule has 0 bridgehead atoms. The summed E-state index contributed by atoms with van der Waals surface area (Å²) in [4.78, 5) is 19.5. The first kappa shape index (κ1) is 31.6. The molecule has 0 aliphatic rings. The number of carboxylic acid groups (broad SMARTS) is 1. The van der Waals surface area contributed by atoms with E-state index >= 15 is 0 Å². The normalized spacial score (nSPS) is 12.2. The molecular formula is C24H22F2N3NaO8S2. The van der Waals surface area contributed by atoms with E-state index in [9.17, 15) is 31.7 Å². The SMILES string of the molecule is COc1ccnc(C[S+]([O-])c2nc3ccc(OC(F)F)cc3n2S(=O)(=O)c2cc(C(=O)O)ccc2C)c1OC.[NaH]. The zero-order chi connectivity index (χ0) is 28.5. The van der Waals surface area contributed by atoms with Gasteiger partial charge < -0.3 is 23.9 Å². The van der Waals surface area contributed by atoms with E-state index in [2.05, 4.69) is 14.7 Å². The van der Waals surface area contributed by atoms with E-state index < -0.39 is 43.8 Å². The first-order valence-electron chi connectivity index (χ1n) is 11.0. The number of ether oxygens (including phenoxy) is 3. The van der Waals surface area contributed by atoms with Gasteiger partial charge in [0.15, 0.2) is 17.3 Å². The Morgan fingerprint density at radius 1 is 1.15 bits per heavy atom. The Kier molecular flexibility index (Phi) is 10.0. The molecule has 0 amide bonds. The summed E-state index contributed by atoms with van der Waals surface area (Å²) in [5.41, 5.74) is -0.131. The molecule has 0 saturated carbocycles. The number of hydrogen-bond acceptors (Lipinski definition) is 9. The molecule has 16 heteroatoms. The van der Waals surface area contributed by atoms with E-state index in [0.717, 1.165) is 18.2 Å². The number of imidazole rings is 1. The van der Waals surface area contributed by atoms with Crippen LogP contribution >= 0.6 is 0 Å². The second-order valence-electron chi connectivity index (χ2n) is 7.96. The summed E-state index contributed by atoms with van der Waals surface area (Å²) >= 11 is -2.19. The van der Waals surface area contributed by atoms with Gasteiger partial charge in [0.2, 0.25) is 0 Å². The molecule has 2 aromatic heterocycles. The summed E-state index contributed by atoms with van der Waals surface area (Å²) in [5, 5.41) is 8.96. The summed E-state index contributed by atoms with van der Waals surface area (Å²) in [7, 11) is -1.92. The van der Waals surface area contributed by atoms with Crippen LogP contribution in [0.4, 0.5) is 8.78 Å². The van der Waals surface area contributed by atoms with E-state index in [1.54, 1.807) is 0 Å². The molecule has 0 aliphatic heterocycles. The van der Waals surface area contributed by atoms with Gasteiger partial charge in [0, 0.05) is 29.5 Å². The molecule has 0 fully saturated rings. The molecule has 1 unspecified atom stereocenters. The van der Waals surface area contributed by atoms with Crippen LogP contribution < -0.4 is 14.2 Å². The number of aryl methyl sites for hydroxylation is 1. The number of aromatic nitrogens is 3. The van der Waals surface area contributed by atoms with Crippen molar-refractivity contribution in [1.82, 2.24) is 13.9 Å². The summed E-state index contributed by atoms with van der Waals surface area (Å²) < 4.78 is 83.1. The Hall–Kier alpha value is -2.95. The van der Waals surface area contributed by atoms with Gasteiger partial charge in [0.05, 0.1) is 35.7 Å². The van der Waals surface area contributed by atoms with Crippen molar-refractivity contribution in [3.8, 4) is 17.2 Å². The maximum absolute atomic E-state index is 14.0. The van der Waals surface area contributed by atoms with Gasteiger partial charge in [0.1, 0.15) is 11.4 Å². The van der Waals surface area contributed by atoms with E-state index in [1.165, 1.54) is 51.6 Å². The molecule has 0 aliphatic carbocycles. The zero-order valence-corrected chi connectivity index (χ0v) is 22.3. The molecule has 1 atom stereocenters. The van der Waals surface area contributed by atoms with Crippen LogP contribution in [0.1, 0.15) is 21.6 Å². The fraction of sp³-hybridized carbons (Fsp3) is 0.208. The van der Waals surface area contributed by atoms with Gasteiger partial charge in [0.25, 0.3) is 10.0 Å². The molecule has 4 aromatic rings. The number of benzene rings is 2. The molecule has 2 heterocycles. The molecule has 11 nitrogen and oxygen atoms in total. The van der Waals surface area contributed by atoms with Crippen LogP contribution in [-0.2, 0) is 27.0 Å². The molecule has 0 radical (unpaired) electrons. The van der Waals surface area contributed by atoms with Gasteiger partial charge in [-0.05, 0) is 36.8 Å². The van der Waals surface area contributed by atoms with Crippen LogP contribution in [0.5, 0.6) is 17.2 Å². The van der Waals surface area contributed by atoms with Gasteiger partial charge in [-0.25, -0.2) is 13.2 Å². The standard InChI is InChI=1S/C24H21F2N3O8S2.Na.H/c1-13-4-5-14(22(30)31)10-20(13)39(33,34)29-18-11-15(37-23(25)26)6-7-16(18)28-24(29)38(32)12-17-21(36-3)19(35-2)8-9-27-17;;/h4-11,23H,12H2,1-3H3,(H,30,31);;. The Morgan fingerprint density at radius 2 is 1.88 bits per heavy atom. The number of hydrogen-bond donors (Lipinski definition) is 1. The quantitative estimate of drug-likeness (QED) is 0.211. The van der Waals surface area contributed by atoms with Crippen molar-refractivity contribution in [2.75, 3.05) is 14.2 Å². The third kappa shape index (κ3) is 6.19. The second-order valence-corrected chi connectivity index (χ2v) is 11.1. The van der Waals surface area contributed by atoms with Crippen LogP contribution in [0, 0.1) is 6.92 Å². The van der Waals surface area contributed by atoms with E-state index in [4.69, 9.17) is 9.47 Å². The number of halogens is 2. The minimum atomic E-state index is -4.67. The van der Waals surface area contributed by atoms with Crippen molar-refractivity contribution >= 4 is 67.8 Å². The van der Waals surface area contributed by atoms with Gasteiger partial charge >= 0.3 is 47.3 Å². The number of rotatable bonds is 10. The van der Waals surface area contributed by atoms with Crippen molar-refractivity contribution in [1.29, 1.82) is 0 Å². The van der Waals surface area contributed by atoms with Crippen molar-refractivity contribution in [2.45, 2.75) is 29.3 Å². The molecule has 4 rings (SSSR count). The number of carbonyl (C=O) groups is 1. The van der Waals surface area contributed by atoms with Crippen LogP contribution in [-0.4, -0.2) is 88.4 Å². The zero-order valence-electron chi connectivity index (χ0n) is 20.6. The number of nitrogens with zero attached hydrogens (tertiary/aromatic N) is 3. The first-order valence-corrected chi connectivity index (χ1v) is 13.7. The number of methoxy groups -OCH3 is 2. The Morgan fingerprint density at radius 3 is 2.50 bits per heavy atom. The monoisotopic (exact) mass is 605 g/mol. The van der Waals surface area contributed by atoms with Gasteiger partial charge in [-0.1, -0.05) is 6.07 Å². The number of alkyl halides is 2. The predicted molar refractivity (Wildman–Crippen MR) is 142 cm³/mol. The fourth-order valence-corrected chi connectivity index (χ4v) is 7.02. The molecule has 208 valence electrons. The van der Waals surface area contributed by atoms with E-state index in [-0.39, 0.29) is 74.7 Å². The van der Waals surface area contributed by atoms with Crippen LogP contribution in [0.2, 0.25) is 0 Å². The number of aromatic carboxylic acids is 1. The Labute approximate surface area is 252 Å². The summed E-state index contributed by atoms with van der Waals surface area (Å²) in [6.07, 6.45) is 1.39. The average molecular weight is 606 g/mol. The summed E-state index contributed by atoms with van der Waals surface area (Å²) in [6.45, 7) is -1.74. The average Bonchev–Trinajstić information content (AvgIpc) is 3.28. The molecule has 2 aromatic carbocycles. The fourth-order valence-electron chi connectivity index (χ4n) is 3.82. The second kappa shape index (κ2) is 12.7. The first-order chi connectivity index (χ1) is 18.5. The molecule has 0 spiro atoms. The minimum absolute atomic E-state index is 0. The van der Waals surface area contributed by atoms with Crippen molar-refractivity contribution in [3.63, 3.8) is 0 Å². The summed E-state index contributed by atoms with van der Waals surface area (Å²) in [5.74, 6) is -1.60. The maximum atomic E-state index is 14.0. The van der Waals surface area contributed by atoms with Gasteiger partial charge in [-0.2, -0.15) is 17.7 Å². The molecule has 1 N–H and O–H groups in total. The van der Waals surface area contributed by atoms with Crippen molar-refractivity contribution < 1.29 is 45.9 Å². The molecule has 0 saturated heterocycles. The predicted octanol–water partition coefficient (Wildman–Crippen LogP) is 2.95. The number of fused-ring (bicyclic) bond motifs is 1. The molecule has 40 heavy (non-hydrogen) atoms. The number of carboxylic acids is 1. The van der Waals surface area contributed by atoms with Crippen molar-refractivity contribution in [2.24, 2.45) is 0 Å². The number of pyridine rings is 1. The molecular weight excluding hydrogens is 583 g/mol. The van der Waals surface area contributed by atoms with Crippen LogP contribution in [0.25, 0.3) is 11.0 Å². The Balaban J connectivity index is 0.00000441. The van der Waals surface area contributed by atoms with Gasteiger partial charge in [-0.15, -0.1) is 0 Å². The van der Waals surface area contributed by atoms with Crippen LogP contribution in [0.3, 0.4) is 0 Å². The van der Waals surface area contributed by atoms with Crippen molar-refractivity contribution in [3.05, 3.63) is 65.5 Å². The van der Waals surface area contributed by atoms with E-state index in [0.29, 0.717) is 9.72 Å². The Bertz CT molecular complexity index is 1670. The van der Waals surface area contributed by atoms with Gasteiger partial charge in [-0.3, -0.25) is 4.98 Å². The third-order valence-electron chi connectivity index (χ3n) is 5.57. The van der Waals surface area contributed by atoms with E-state index in [1.807, 2.05) is 0 Å². The topological polar surface area (TPSA) is 153 Å². The third-order valence-corrected chi connectivity index (χ3v) is 8.75.